The Kier molecular flexibility index (Phi) is 5.39. The molecule has 2 heterocycles. The zero-order valence-electron chi connectivity index (χ0n) is 15.7. The number of hydrogen-bond acceptors (Lipinski definition) is 5. The summed E-state index contributed by atoms with van der Waals surface area (Å²) in [6.07, 6.45) is 0.294. The Morgan fingerprint density at radius 1 is 1.00 bits per heavy atom. The molecule has 0 aliphatic carbocycles. The zero-order chi connectivity index (χ0) is 20.2. The summed E-state index contributed by atoms with van der Waals surface area (Å²) >= 11 is 0. The van der Waals surface area contributed by atoms with Gasteiger partial charge in [0.25, 0.3) is 5.91 Å². The van der Waals surface area contributed by atoms with Gasteiger partial charge in [0.2, 0.25) is 5.91 Å². The van der Waals surface area contributed by atoms with E-state index in [0.717, 1.165) is 5.56 Å². The lowest BCUT2D eigenvalue weighted by molar-refractivity contribution is -0.134. The summed E-state index contributed by atoms with van der Waals surface area (Å²) in [6.45, 7) is 2.36. The van der Waals surface area contributed by atoms with E-state index in [2.05, 4.69) is 5.32 Å². The molecule has 0 saturated carbocycles. The molecule has 1 aromatic heterocycles. The highest BCUT2D eigenvalue weighted by molar-refractivity contribution is 6.05. The minimum atomic E-state index is -0.686. The largest absolute Gasteiger partial charge is 0.422 e. The van der Waals surface area contributed by atoms with Crippen LogP contribution in [0.1, 0.15) is 15.9 Å². The molecule has 0 bridgehead atoms. The summed E-state index contributed by atoms with van der Waals surface area (Å²) in [4.78, 5) is 38.7. The highest BCUT2D eigenvalue weighted by Gasteiger charge is 2.17. The number of nitrogens with zero attached hydrogens (tertiary/aromatic N) is 1. The normalized spacial score (nSPS) is 14.0. The first-order chi connectivity index (χ1) is 14.1. The van der Waals surface area contributed by atoms with Crippen molar-refractivity contribution in [1.82, 2.24) is 4.90 Å². The molecule has 1 aliphatic heterocycles. The third-order valence-electron chi connectivity index (χ3n) is 4.82. The number of para-hydroxylation sites is 1. The molecule has 0 atom stereocenters. The molecule has 1 saturated heterocycles. The summed E-state index contributed by atoms with van der Waals surface area (Å²) in [5, 5.41) is 3.37. The maximum Gasteiger partial charge on any atom is 0.349 e. The van der Waals surface area contributed by atoms with E-state index in [-0.39, 0.29) is 11.5 Å². The van der Waals surface area contributed by atoms with Gasteiger partial charge < -0.3 is 19.4 Å². The maximum atomic E-state index is 12.5. The lowest BCUT2D eigenvalue weighted by atomic mass is 10.1. The van der Waals surface area contributed by atoms with Crippen LogP contribution in [0.15, 0.2) is 63.8 Å². The second kappa shape index (κ2) is 8.28. The van der Waals surface area contributed by atoms with Crippen molar-refractivity contribution >= 4 is 28.5 Å². The van der Waals surface area contributed by atoms with Crippen molar-refractivity contribution in [3.8, 4) is 0 Å². The lowest BCUT2D eigenvalue weighted by Gasteiger charge is -2.26. The van der Waals surface area contributed by atoms with Crippen molar-refractivity contribution in [2.24, 2.45) is 0 Å². The third kappa shape index (κ3) is 4.35. The summed E-state index contributed by atoms with van der Waals surface area (Å²) in [5.41, 5.74) is 1.07. The van der Waals surface area contributed by atoms with Gasteiger partial charge in [-0.25, -0.2) is 4.79 Å². The molecule has 0 radical (unpaired) electrons. The first-order valence-electron chi connectivity index (χ1n) is 9.39. The SMILES string of the molecule is O=C(Nc1ccc(CC(=O)N2CCOCC2)cc1)c1cc2ccccc2oc1=O. The smallest absolute Gasteiger partial charge is 0.349 e. The van der Waals surface area contributed by atoms with Crippen molar-refractivity contribution in [2.75, 3.05) is 31.6 Å². The van der Waals surface area contributed by atoms with Gasteiger partial charge in [0.1, 0.15) is 11.1 Å². The molecule has 2 amide bonds. The minimum absolute atomic E-state index is 0.0545. The van der Waals surface area contributed by atoms with Crippen molar-refractivity contribution in [3.63, 3.8) is 0 Å². The minimum Gasteiger partial charge on any atom is -0.422 e. The van der Waals surface area contributed by atoms with Crippen molar-refractivity contribution in [1.29, 1.82) is 0 Å². The van der Waals surface area contributed by atoms with Gasteiger partial charge in [-0.05, 0) is 29.8 Å². The van der Waals surface area contributed by atoms with Gasteiger partial charge in [0.05, 0.1) is 19.6 Å². The van der Waals surface area contributed by atoms with Crippen molar-refractivity contribution < 1.29 is 18.7 Å². The van der Waals surface area contributed by atoms with Crippen LogP contribution in [0.3, 0.4) is 0 Å². The molecule has 4 rings (SSSR count). The van der Waals surface area contributed by atoms with Gasteiger partial charge in [-0.2, -0.15) is 0 Å². The molecule has 2 aromatic carbocycles. The van der Waals surface area contributed by atoms with Crippen LogP contribution in [0.4, 0.5) is 5.69 Å². The Hall–Kier alpha value is -3.45. The number of fused-ring (bicyclic) bond motifs is 1. The van der Waals surface area contributed by atoms with Crippen LogP contribution in [0, 0.1) is 0 Å². The first-order valence-corrected chi connectivity index (χ1v) is 9.39. The highest BCUT2D eigenvalue weighted by Crippen LogP contribution is 2.15. The highest BCUT2D eigenvalue weighted by atomic mass is 16.5. The summed E-state index contributed by atoms with van der Waals surface area (Å²) in [7, 11) is 0. The number of nitrogens with one attached hydrogen (secondary N) is 1. The predicted molar refractivity (Wildman–Crippen MR) is 108 cm³/mol. The molecule has 148 valence electrons. The van der Waals surface area contributed by atoms with E-state index >= 15 is 0 Å². The fourth-order valence-corrected chi connectivity index (χ4v) is 3.22. The van der Waals surface area contributed by atoms with E-state index in [9.17, 15) is 14.4 Å². The van der Waals surface area contributed by atoms with Crippen molar-refractivity contribution in [3.05, 3.63) is 76.1 Å². The van der Waals surface area contributed by atoms with Crippen LogP contribution in [-0.4, -0.2) is 43.0 Å². The van der Waals surface area contributed by atoms with Crippen LogP contribution in [0.2, 0.25) is 0 Å². The monoisotopic (exact) mass is 392 g/mol. The van der Waals surface area contributed by atoms with Crippen LogP contribution in [0.5, 0.6) is 0 Å². The topological polar surface area (TPSA) is 88.8 Å². The van der Waals surface area contributed by atoms with E-state index < -0.39 is 11.5 Å². The van der Waals surface area contributed by atoms with Crippen LogP contribution < -0.4 is 10.9 Å². The van der Waals surface area contributed by atoms with E-state index in [1.807, 2.05) is 0 Å². The number of rotatable bonds is 4. The Balaban J connectivity index is 1.43. The molecular formula is C22H20N2O5. The first kappa shape index (κ1) is 18.9. The Bertz CT molecular complexity index is 1100. The molecule has 0 spiro atoms. The quantitative estimate of drug-likeness (QED) is 0.689. The van der Waals surface area contributed by atoms with Crippen LogP contribution >= 0.6 is 0 Å². The fourth-order valence-electron chi connectivity index (χ4n) is 3.22. The molecule has 1 fully saturated rings. The second-order valence-corrected chi connectivity index (χ2v) is 6.81. The number of ether oxygens (including phenoxy) is 1. The van der Waals surface area contributed by atoms with Gasteiger partial charge in [-0.3, -0.25) is 9.59 Å². The van der Waals surface area contributed by atoms with E-state index in [1.165, 1.54) is 6.07 Å². The zero-order valence-corrected chi connectivity index (χ0v) is 15.7. The average molecular weight is 392 g/mol. The predicted octanol–water partition coefficient (Wildman–Crippen LogP) is 2.45. The molecule has 7 heteroatoms. The maximum absolute atomic E-state index is 12.5. The Morgan fingerprint density at radius 2 is 1.72 bits per heavy atom. The number of carbonyl (C=O) groups excluding carboxylic acids is 2. The summed E-state index contributed by atoms with van der Waals surface area (Å²) < 4.78 is 10.5. The van der Waals surface area contributed by atoms with E-state index in [4.69, 9.17) is 9.15 Å². The van der Waals surface area contributed by atoms with Crippen LogP contribution in [-0.2, 0) is 16.0 Å². The van der Waals surface area contributed by atoms with Gasteiger partial charge in [0.15, 0.2) is 0 Å². The van der Waals surface area contributed by atoms with E-state index in [0.29, 0.717) is 49.4 Å². The fraction of sp³-hybridized carbons (Fsp3) is 0.227. The molecular weight excluding hydrogens is 372 g/mol. The molecule has 0 unspecified atom stereocenters. The molecule has 3 aromatic rings. The molecule has 1 aliphatic rings. The van der Waals surface area contributed by atoms with Crippen molar-refractivity contribution in [2.45, 2.75) is 6.42 Å². The molecule has 1 N–H and O–H groups in total. The number of anilines is 1. The Labute approximate surface area is 166 Å². The van der Waals surface area contributed by atoms with Gasteiger partial charge >= 0.3 is 5.63 Å². The summed E-state index contributed by atoms with van der Waals surface area (Å²) in [5.74, 6) is -0.486. The van der Waals surface area contributed by atoms with Gasteiger partial charge in [-0.15, -0.1) is 0 Å². The number of benzene rings is 2. The number of carbonyl (C=O) groups is 2. The second-order valence-electron chi connectivity index (χ2n) is 6.81. The third-order valence-corrected chi connectivity index (χ3v) is 4.82. The van der Waals surface area contributed by atoms with Gasteiger partial charge in [-0.1, -0.05) is 30.3 Å². The number of amides is 2. The molecule has 7 nitrogen and oxygen atoms in total. The molecule has 29 heavy (non-hydrogen) atoms. The lowest BCUT2D eigenvalue weighted by Crippen LogP contribution is -2.41. The number of hydrogen-bond donors (Lipinski definition) is 1. The van der Waals surface area contributed by atoms with Crippen LogP contribution in [0.25, 0.3) is 11.0 Å². The number of morpholine rings is 1. The average Bonchev–Trinajstić information content (AvgIpc) is 2.75. The summed E-state index contributed by atoms with van der Waals surface area (Å²) in [6, 6.07) is 15.5. The Morgan fingerprint density at radius 3 is 2.48 bits per heavy atom. The van der Waals surface area contributed by atoms with E-state index in [1.54, 1.807) is 53.4 Å². The van der Waals surface area contributed by atoms with Gasteiger partial charge in [0, 0.05) is 24.2 Å². The standard InChI is InChI=1S/C22H20N2O5/c25-20(24-9-11-28-12-10-24)13-15-5-7-17(8-6-15)23-21(26)18-14-16-3-1-2-4-19(16)29-22(18)27/h1-8,14H,9-13H2,(H,23,26).